The molecule has 0 aliphatic carbocycles. The Hall–Kier alpha value is -1.42. The average molecular weight is 281 g/mol. The molecular weight excluding hydrogens is 257 g/mol. The topological polar surface area (TPSA) is 52.3 Å². The third-order valence-corrected chi connectivity index (χ3v) is 3.49. The molecule has 2 N–H and O–H groups in total. The van der Waals surface area contributed by atoms with Crippen LogP contribution < -0.4 is 5.73 Å². The molecule has 0 aromatic heterocycles. The minimum Gasteiger partial charge on any atom is -0.461 e. The zero-order valence-electron chi connectivity index (χ0n) is 12.8. The van der Waals surface area contributed by atoms with Crippen molar-refractivity contribution in [1.29, 1.82) is 0 Å². The summed E-state index contributed by atoms with van der Waals surface area (Å²) in [5.74, 6) is -0.398. The van der Waals surface area contributed by atoms with E-state index in [4.69, 9.17) is 10.5 Å². The first-order chi connectivity index (χ1) is 9.23. The maximum atomic E-state index is 13.2. The van der Waals surface area contributed by atoms with Crippen LogP contribution in [0.4, 0.5) is 4.39 Å². The van der Waals surface area contributed by atoms with Crippen LogP contribution in [0.3, 0.4) is 0 Å². The Labute approximate surface area is 120 Å². The summed E-state index contributed by atoms with van der Waals surface area (Å²) >= 11 is 0. The van der Waals surface area contributed by atoms with Crippen molar-refractivity contribution in [2.24, 2.45) is 11.7 Å². The quantitative estimate of drug-likeness (QED) is 0.843. The van der Waals surface area contributed by atoms with Crippen molar-refractivity contribution >= 4 is 5.97 Å². The third-order valence-electron chi connectivity index (χ3n) is 3.49. The van der Waals surface area contributed by atoms with Crippen LogP contribution in [0.1, 0.15) is 44.7 Å². The van der Waals surface area contributed by atoms with Crippen LogP contribution in [0, 0.1) is 18.7 Å². The van der Waals surface area contributed by atoms with Crippen molar-refractivity contribution in [1.82, 2.24) is 0 Å². The molecule has 0 bridgehead atoms. The van der Waals surface area contributed by atoms with Gasteiger partial charge in [-0.05, 0) is 49.9 Å². The molecule has 0 aliphatic heterocycles. The molecule has 3 atom stereocenters. The number of carbonyl (C=O) groups is 1. The van der Waals surface area contributed by atoms with E-state index in [0.29, 0.717) is 0 Å². The summed E-state index contributed by atoms with van der Waals surface area (Å²) in [6.45, 7) is 9.44. The average Bonchev–Trinajstić information content (AvgIpc) is 2.31. The molecule has 0 aliphatic rings. The Morgan fingerprint density at radius 2 is 1.85 bits per heavy atom. The van der Waals surface area contributed by atoms with Crippen molar-refractivity contribution in [2.45, 2.75) is 52.7 Å². The minimum atomic E-state index is -0.639. The molecule has 1 aromatic carbocycles. The molecule has 1 rings (SSSR count). The molecule has 3 nitrogen and oxygen atoms in total. The van der Waals surface area contributed by atoms with Crippen LogP contribution in [0.25, 0.3) is 0 Å². The van der Waals surface area contributed by atoms with Gasteiger partial charge in [0.15, 0.2) is 0 Å². The van der Waals surface area contributed by atoms with Gasteiger partial charge in [-0.15, -0.1) is 0 Å². The van der Waals surface area contributed by atoms with E-state index in [2.05, 4.69) is 13.8 Å². The summed E-state index contributed by atoms with van der Waals surface area (Å²) in [6.07, 6.45) is -0.308. The monoisotopic (exact) mass is 281 g/mol. The maximum absolute atomic E-state index is 13.2. The number of nitrogens with two attached hydrogens (primary N) is 1. The van der Waals surface area contributed by atoms with Crippen LogP contribution >= 0.6 is 0 Å². The Morgan fingerprint density at radius 3 is 2.30 bits per heavy atom. The molecular formula is C16H24FNO2. The SMILES string of the molecule is Cc1cc(F)ccc1[C@H](C(C)C)[C@@H](C)OC(=O)[C@H](C)N. The fourth-order valence-corrected chi connectivity index (χ4v) is 2.53. The van der Waals surface area contributed by atoms with Gasteiger partial charge in [0.2, 0.25) is 0 Å². The van der Waals surface area contributed by atoms with Crippen LogP contribution in [0.15, 0.2) is 18.2 Å². The third kappa shape index (κ3) is 4.04. The van der Waals surface area contributed by atoms with Crippen molar-refractivity contribution in [3.8, 4) is 0 Å². The first-order valence-electron chi connectivity index (χ1n) is 6.96. The van der Waals surface area contributed by atoms with Gasteiger partial charge in [-0.25, -0.2) is 4.39 Å². The Morgan fingerprint density at radius 1 is 1.25 bits per heavy atom. The maximum Gasteiger partial charge on any atom is 0.322 e. The lowest BCUT2D eigenvalue weighted by molar-refractivity contribution is -0.151. The van der Waals surface area contributed by atoms with Gasteiger partial charge >= 0.3 is 5.97 Å². The predicted molar refractivity (Wildman–Crippen MR) is 77.9 cm³/mol. The van der Waals surface area contributed by atoms with Gasteiger partial charge in [0, 0.05) is 5.92 Å². The Kier molecular flexibility index (Phi) is 5.69. The highest BCUT2D eigenvalue weighted by atomic mass is 19.1. The highest BCUT2D eigenvalue weighted by Crippen LogP contribution is 2.32. The lowest BCUT2D eigenvalue weighted by Crippen LogP contribution is -2.34. The lowest BCUT2D eigenvalue weighted by atomic mass is 9.82. The van der Waals surface area contributed by atoms with E-state index in [0.717, 1.165) is 11.1 Å². The Balaban J connectivity index is 3.02. The molecule has 0 saturated carbocycles. The van der Waals surface area contributed by atoms with Gasteiger partial charge in [0.1, 0.15) is 18.0 Å². The summed E-state index contributed by atoms with van der Waals surface area (Å²) in [4.78, 5) is 11.6. The predicted octanol–water partition coefficient (Wildman–Crippen LogP) is 3.15. The second-order valence-electron chi connectivity index (χ2n) is 5.70. The first-order valence-corrected chi connectivity index (χ1v) is 6.96. The number of rotatable bonds is 5. The highest BCUT2D eigenvalue weighted by Gasteiger charge is 2.28. The number of benzene rings is 1. The standard InChI is InChI=1S/C16H24FNO2/c1-9(2)15(12(5)20-16(19)11(4)18)14-7-6-13(17)8-10(14)3/h6-9,11-12,15H,18H2,1-5H3/t11-,12+,15+/m0/s1. The van der Waals surface area contributed by atoms with E-state index >= 15 is 0 Å². The van der Waals surface area contributed by atoms with Gasteiger partial charge in [0.25, 0.3) is 0 Å². The van der Waals surface area contributed by atoms with Crippen LogP contribution in [-0.2, 0) is 9.53 Å². The van der Waals surface area contributed by atoms with Crippen LogP contribution in [0.5, 0.6) is 0 Å². The molecule has 0 radical (unpaired) electrons. The van der Waals surface area contributed by atoms with E-state index in [1.165, 1.54) is 12.1 Å². The molecule has 0 spiro atoms. The van der Waals surface area contributed by atoms with E-state index in [1.807, 2.05) is 13.8 Å². The normalized spacial score (nSPS) is 15.8. The van der Waals surface area contributed by atoms with Gasteiger partial charge in [-0.3, -0.25) is 4.79 Å². The van der Waals surface area contributed by atoms with Crippen molar-refractivity contribution in [3.05, 3.63) is 35.1 Å². The largest absolute Gasteiger partial charge is 0.461 e. The fraction of sp³-hybridized carbons (Fsp3) is 0.562. The fourth-order valence-electron chi connectivity index (χ4n) is 2.53. The zero-order chi connectivity index (χ0) is 15.4. The number of hydrogen-bond donors (Lipinski definition) is 1. The van der Waals surface area contributed by atoms with Crippen molar-refractivity contribution in [3.63, 3.8) is 0 Å². The molecule has 0 amide bonds. The van der Waals surface area contributed by atoms with Crippen molar-refractivity contribution < 1.29 is 13.9 Å². The molecule has 0 unspecified atom stereocenters. The van der Waals surface area contributed by atoms with Gasteiger partial charge in [0.05, 0.1) is 0 Å². The van der Waals surface area contributed by atoms with Crippen LogP contribution in [0.2, 0.25) is 0 Å². The highest BCUT2D eigenvalue weighted by molar-refractivity contribution is 5.75. The first kappa shape index (κ1) is 16.6. The van der Waals surface area contributed by atoms with E-state index in [-0.39, 0.29) is 23.8 Å². The number of halogens is 1. The molecule has 112 valence electrons. The molecule has 1 aromatic rings. The number of hydrogen-bond acceptors (Lipinski definition) is 3. The molecule has 0 saturated heterocycles. The summed E-state index contributed by atoms with van der Waals surface area (Å²) in [6, 6.07) is 4.08. The van der Waals surface area contributed by atoms with Crippen LogP contribution in [-0.4, -0.2) is 18.1 Å². The van der Waals surface area contributed by atoms with Gasteiger partial charge < -0.3 is 10.5 Å². The minimum absolute atomic E-state index is 0.0123. The number of esters is 1. The summed E-state index contributed by atoms with van der Waals surface area (Å²) in [5.41, 5.74) is 7.40. The summed E-state index contributed by atoms with van der Waals surface area (Å²) in [5, 5.41) is 0. The second-order valence-corrected chi connectivity index (χ2v) is 5.70. The molecule has 4 heteroatoms. The molecule has 20 heavy (non-hydrogen) atoms. The number of carbonyl (C=O) groups excluding carboxylic acids is 1. The van der Waals surface area contributed by atoms with Crippen molar-refractivity contribution in [2.75, 3.05) is 0 Å². The molecule has 0 heterocycles. The van der Waals surface area contributed by atoms with E-state index in [1.54, 1.807) is 13.0 Å². The smallest absolute Gasteiger partial charge is 0.322 e. The van der Waals surface area contributed by atoms with E-state index in [9.17, 15) is 9.18 Å². The molecule has 0 fully saturated rings. The van der Waals surface area contributed by atoms with Gasteiger partial charge in [-0.1, -0.05) is 19.9 Å². The van der Waals surface area contributed by atoms with Gasteiger partial charge in [-0.2, -0.15) is 0 Å². The Bertz CT molecular complexity index is 472. The summed E-state index contributed by atoms with van der Waals surface area (Å²) in [7, 11) is 0. The lowest BCUT2D eigenvalue weighted by Gasteiger charge is -2.29. The number of aryl methyl sites for hydroxylation is 1. The summed E-state index contributed by atoms with van der Waals surface area (Å²) < 4.78 is 18.6. The number of ether oxygens (including phenoxy) is 1. The second kappa shape index (κ2) is 6.84. The van der Waals surface area contributed by atoms with E-state index < -0.39 is 12.0 Å². The zero-order valence-corrected chi connectivity index (χ0v) is 12.8.